The van der Waals surface area contributed by atoms with E-state index >= 15 is 0 Å². The molecule has 0 radical (unpaired) electrons. The van der Waals surface area contributed by atoms with E-state index in [1.54, 1.807) is 0 Å². The SMILES string of the molecule is O=C1C(O)=CC(=O)c2occc21. The quantitative estimate of drug-likeness (QED) is 0.623. The number of carbonyl (C=O) groups is 2. The topological polar surface area (TPSA) is 67.5 Å². The van der Waals surface area contributed by atoms with Crippen LogP contribution >= 0.6 is 0 Å². The first-order valence-corrected chi connectivity index (χ1v) is 3.27. The van der Waals surface area contributed by atoms with Gasteiger partial charge in [0.1, 0.15) is 0 Å². The maximum absolute atomic E-state index is 11.1. The number of aliphatic hydroxyl groups excluding tert-OH is 1. The molecule has 60 valence electrons. The third kappa shape index (κ3) is 0.717. The van der Waals surface area contributed by atoms with E-state index in [9.17, 15) is 9.59 Å². The number of hydrogen-bond acceptors (Lipinski definition) is 4. The Hall–Kier alpha value is -1.84. The largest absolute Gasteiger partial charge is 0.504 e. The Morgan fingerprint density at radius 1 is 1.33 bits per heavy atom. The van der Waals surface area contributed by atoms with Crippen molar-refractivity contribution in [2.45, 2.75) is 0 Å². The smallest absolute Gasteiger partial charge is 0.231 e. The number of carbonyl (C=O) groups excluding carboxylic acids is 2. The lowest BCUT2D eigenvalue weighted by atomic mass is 10.0. The molecular weight excluding hydrogens is 160 g/mol. The summed E-state index contributed by atoms with van der Waals surface area (Å²) < 4.78 is 4.76. The molecule has 0 aromatic carbocycles. The molecule has 0 aliphatic heterocycles. The van der Waals surface area contributed by atoms with Crippen LogP contribution in [0.4, 0.5) is 0 Å². The van der Waals surface area contributed by atoms with Crippen LogP contribution in [0.3, 0.4) is 0 Å². The second kappa shape index (κ2) is 2.07. The van der Waals surface area contributed by atoms with Gasteiger partial charge in [-0.05, 0) is 6.07 Å². The van der Waals surface area contributed by atoms with Crippen molar-refractivity contribution >= 4 is 11.6 Å². The number of hydrogen-bond donors (Lipinski definition) is 1. The number of aliphatic hydroxyl groups is 1. The zero-order chi connectivity index (χ0) is 8.72. The third-order valence-electron chi connectivity index (χ3n) is 1.63. The molecule has 0 fully saturated rings. The van der Waals surface area contributed by atoms with Crippen molar-refractivity contribution < 1.29 is 19.1 Å². The summed E-state index contributed by atoms with van der Waals surface area (Å²) in [6, 6.07) is 1.36. The first-order valence-electron chi connectivity index (χ1n) is 3.27. The Morgan fingerprint density at radius 2 is 2.08 bits per heavy atom. The molecule has 0 unspecified atom stereocenters. The summed E-state index contributed by atoms with van der Waals surface area (Å²) in [6.45, 7) is 0. The van der Waals surface area contributed by atoms with Crippen LogP contribution in [0.1, 0.15) is 20.9 Å². The van der Waals surface area contributed by atoms with Crippen LogP contribution in [0.15, 0.2) is 28.6 Å². The molecule has 0 saturated carbocycles. The van der Waals surface area contributed by atoms with Crippen LogP contribution < -0.4 is 0 Å². The van der Waals surface area contributed by atoms with E-state index in [2.05, 4.69) is 0 Å². The Morgan fingerprint density at radius 3 is 2.83 bits per heavy atom. The average Bonchev–Trinajstić information content (AvgIpc) is 2.48. The van der Waals surface area contributed by atoms with Gasteiger partial charge in [-0.3, -0.25) is 9.59 Å². The van der Waals surface area contributed by atoms with Crippen molar-refractivity contribution in [1.29, 1.82) is 0 Å². The fourth-order valence-electron chi connectivity index (χ4n) is 1.07. The number of Topliss-reactive ketones (excluding diaryl/α,β-unsaturated/α-hetero) is 1. The van der Waals surface area contributed by atoms with Gasteiger partial charge in [-0.2, -0.15) is 0 Å². The van der Waals surface area contributed by atoms with E-state index in [0.29, 0.717) is 0 Å². The van der Waals surface area contributed by atoms with Crippen LogP contribution in [0.2, 0.25) is 0 Å². The number of rotatable bonds is 0. The van der Waals surface area contributed by atoms with E-state index in [1.165, 1.54) is 12.3 Å². The van der Waals surface area contributed by atoms with Crippen molar-refractivity contribution in [2.24, 2.45) is 0 Å². The Kier molecular flexibility index (Phi) is 1.18. The van der Waals surface area contributed by atoms with Gasteiger partial charge in [0.2, 0.25) is 11.6 Å². The highest BCUT2D eigenvalue weighted by Gasteiger charge is 2.27. The average molecular weight is 164 g/mol. The second-order valence-electron chi connectivity index (χ2n) is 2.39. The van der Waals surface area contributed by atoms with Crippen molar-refractivity contribution in [3.8, 4) is 0 Å². The standard InChI is InChI=1S/C8H4O4/c9-5-3-6(10)8-4(7(5)11)1-2-12-8/h1-3,9H. The molecule has 1 heterocycles. The molecule has 0 spiro atoms. The second-order valence-corrected chi connectivity index (χ2v) is 2.39. The van der Waals surface area contributed by atoms with E-state index in [-0.39, 0.29) is 11.3 Å². The highest BCUT2D eigenvalue weighted by molar-refractivity contribution is 6.22. The maximum Gasteiger partial charge on any atom is 0.231 e. The summed E-state index contributed by atoms with van der Waals surface area (Å²) in [5.41, 5.74) is 0.125. The van der Waals surface area contributed by atoms with Gasteiger partial charge in [-0.1, -0.05) is 0 Å². The molecule has 4 nitrogen and oxygen atoms in total. The summed E-state index contributed by atoms with van der Waals surface area (Å²) in [6.07, 6.45) is 2.10. The Balaban J connectivity index is 2.67. The fourth-order valence-corrected chi connectivity index (χ4v) is 1.07. The number of fused-ring (bicyclic) bond motifs is 1. The molecule has 0 atom stereocenters. The summed E-state index contributed by atoms with van der Waals surface area (Å²) in [5.74, 6) is -1.59. The van der Waals surface area contributed by atoms with Crippen LogP contribution in [0, 0.1) is 0 Å². The van der Waals surface area contributed by atoms with Crippen LogP contribution in [0.25, 0.3) is 0 Å². The molecule has 0 amide bonds. The van der Waals surface area contributed by atoms with Crippen LogP contribution in [-0.4, -0.2) is 16.7 Å². The highest BCUT2D eigenvalue weighted by atomic mass is 16.3. The summed E-state index contributed by atoms with van der Waals surface area (Å²) in [4.78, 5) is 22.1. The predicted octanol–water partition coefficient (Wildman–Crippen LogP) is 1.10. The maximum atomic E-state index is 11.1. The molecule has 0 bridgehead atoms. The van der Waals surface area contributed by atoms with Gasteiger partial charge in [-0.25, -0.2) is 0 Å². The third-order valence-corrected chi connectivity index (χ3v) is 1.63. The lowest BCUT2D eigenvalue weighted by molar-refractivity contribution is 0.0926. The van der Waals surface area contributed by atoms with Gasteiger partial charge in [0.05, 0.1) is 11.8 Å². The van der Waals surface area contributed by atoms with Gasteiger partial charge in [0.25, 0.3) is 0 Å². The highest BCUT2D eigenvalue weighted by Crippen LogP contribution is 2.20. The zero-order valence-electron chi connectivity index (χ0n) is 5.90. The normalized spacial score (nSPS) is 15.8. The van der Waals surface area contributed by atoms with E-state index < -0.39 is 17.3 Å². The molecule has 1 aromatic rings. The lowest BCUT2D eigenvalue weighted by Gasteiger charge is -2.03. The number of allylic oxidation sites excluding steroid dienone is 2. The Bertz CT molecular complexity index is 397. The minimum atomic E-state index is -0.571. The number of furan rings is 1. The summed E-state index contributed by atoms with van der Waals surface area (Å²) >= 11 is 0. The molecule has 4 heteroatoms. The van der Waals surface area contributed by atoms with Gasteiger partial charge >= 0.3 is 0 Å². The van der Waals surface area contributed by atoms with Crippen molar-refractivity contribution in [3.63, 3.8) is 0 Å². The molecule has 1 aliphatic rings. The first kappa shape index (κ1) is 6.84. The molecule has 0 saturated heterocycles. The first-order chi connectivity index (χ1) is 5.70. The monoisotopic (exact) mass is 164 g/mol. The van der Waals surface area contributed by atoms with Crippen molar-refractivity contribution in [3.05, 3.63) is 35.5 Å². The number of ketones is 2. The van der Waals surface area contributed by atoms with E-state index in [1.807, 2.05) is 0 Å². The van der Waals surface area contributed by atoms with Crippen molar-refractivity contribution in [2.75, 3.05) is 0 Å². The van der Waals surface area contributed by atoms with Gasteiger partial charge in [0.15, 0.2) is 11.5 Å². The lowest BCUT2D eigenvalue weighted by Crippen LogP contribution is -2.14. The molecule has 12 heavy (non-hydrogen) atoms. The van der Waals surface area contributed by atoms with E-state index in [0.717, 1.165) is 6.08 Å². The van der Waals surface area contributed by atoms with Crippen molar-refractivity contribution in [1.82, 2.24) is 0 Å². The van der Waals surface area contributed by atoms with Crippen LogP contribution in [-0.2, 0) is 0 Å². The summed E-state index contributed by atoms with van der Waals surface area (Å²) in [5, 5.41) is 8.96. The van der Waals surface area contributed by atoms with Gasteiger partial charge in [-0.15, -0.1) is 0 Å². The van der Waals surface area contributed by atoms with E-state index in [4.69, 9.17) is 9.52 Å². The predicted molar refractivity (Wildman–Crippen MR) is 38.1 cm³/mol. The van der Waals surface area contributed by atoms with Gasteiger partial charge < -0.3 is 9.52 Å². The molecule has 1 aromatic heterocycles. The molecule has 1 aliphatic carbocycles. The van der Waals surface area contributed by atoms with Gasteiger partial charge in [0, 0.05) is 6.08 Å². The molecular formula is C8H4O4. The summed E-state index contributed by atoms with van der Waals surface area (Å²) in [7, 11) is 0. The minimum Gasteiger partial charge on any atom is -0.504 e. The Labute approximate surface area is 67.1 Å². The fraction of sp³-hybridized carbons (Fsp3) is 0. The van der Waals surface area contributed by atoms with Crippen LogP contribution in [0.5, 0.6) is 0 Å². The minimum absolute atomic E-state index is 0.00204. The molecule has 1 N–H and O–H groups in total. The molecule has 2 rings (SSSR count). The zero-order valence-corrected chi connectivity index (χ0v) is 5.90.